The number of nitrogens with two attached hydrogens (primary N) is 1. The number of aromatic nitrogens is 4. The predicted molar refractivity (Wildman–Crippen MR) is 61.9 cm³/mol. The zero-order valence-electron chi connectivity index (χ0n) is 8.81. The molecule has 0 saturated carbocycles. The highest BCUT2D eigenvalue weighted by atomic mass is 15.5. The maximum Gasteiger partial charge on any atom is 0.199 e. The van der Waals surface area contributed by atoms with Crippen molar-refractivity contribution in [3.05, 3.63) is 36.2 Å². The number of rotatable bonds is 1. The lowest BCUT2D eigenvalue weighted by Gasteiger charge is -1.97. The van der Waals surface area contributed by atoms with Gasteiger partial charge in [-0.25, -0.2) is 4.98 Å². The molecule has 0 spiro atoms. The molecule has 0 saturated heterocycles. The van der Waals surface area contributed by atoms with Crippen LogP contribution in [0.25, 0.3) is 16.9 Å². The van der Waals surface area contributed by atoms with Crippen LogP contribution in [0.5, 0.6) is 0 Å². The zero-order valence-corrected chi connectivity index (χ0v) is 8.81. The largest absolute Gasteiger partial charge is 0.394 e. The first-order valence-electron chi connectivity index (χ1n) is 5.02. The third-order valence-electron chi connectivity index (χ3n) is 2.50. The van der Waals surface area contributed by atoms with Crippen molar-refractivity contribution in [2.75, 3.05) is 5.73 Å². The molecular weight excluding hydrogens is 202 g/mol. The molecule has 16 heavy (non-hydrogen) atoms. The van der Waals surface area contributed by atoms with Crippen LogP contribution in [-0.4, -0.2) is 19.8 Å². The molecule has 5 nitrogen and oxygen atoms in total. The van der Waals surface area contributed by atoms with Gasteiger partial charge in [-0.1, -0.05) is 30.3 Å². The van der Waals surface area contributed by atoms with Gasteiger partial charge in [0.05, 0.1) is 5.69 Å². The lowest BCUT2D eigenvalue weighted by molar-refractivity contribution is 0.809. The summed E-state index contributed by atoms with van der Waals surface area (Å²) in [5.41, 5.74) is 9.23. The van der Waals surface area contributed by atoms with E-state index in [1.165, 1.54) is 0 Å². The van der Waals surface area contributed by atoms with E-state index in [0.717, 1.165) is 11.3 Å². The normalized spacial score (nSPS) is 11.1. The van der Waals surface area contributed by atoms with Crippen LogP contribution in [-0.2, 0) is 0 Å². The summed E-state index contributed by atoms with van der Waals surface area (Å²) < 4.78 is 1.60. The van der Waals surface area contributed by atoms with E-state index in [-0.39, 0.29) is 0 Å². The van der Waals surface area contributed by atoms with Crippen molar-refractivity contribution in [3.8, 4) is 11.3 Å². The summed E-state index contributed by atoms with van der Waals surface area (Å²) in [6.07, 6.45) is 0. The zero-order chi connectivity index (χ0) is 11.1. The highest BCUT2D eigenvalue weighted by Gasteiger charge is 2.12. The minimum Gasteiger partial charge on any atom is -0.394 e. The van der Waals surface area contributed by atoms with E-state index < -0.39 is 0 Å². The molecule has 0 amide bonds. The molecule has 0 bridgehead atoms. The van der Waals surface area contributed by atoms with Gasteiger partial charge in [0.25, 0.3) is 0 Å². The Morgan fingerprint density at radius 1 is 1.25 bits per heavy atom. The standard InChI is InChI=1S/C11H11N5/c1-7-13-11-9(12)10(15-16(11)14-7)8-5-3-2-4-6-8/h2-6,15H,12H2,1H3. The van der Waals surface area contributed by atoms with Crippen LogP contribution in [0.1, 0.15) is 5.82 Å². The van der Waals surface area contributed by atoms with Crippen molar-refractivity contribution >= 4 is 11.3 Å². The van der Waals surface area contributed by atoms with Gasteiger partial charge >= 0.3 is 0 Å². The highest BCUT2D eigenvalue weighted by molar-refractivity contribution is 5.82. The third kappa shape index (κ3) is 1.18. The smallest absolute Gasteiger partial charge is 0.199 e. The average molecular weight is 213 g/mol. The highest BCUT2D eigenvalue weighted by Crippen LogP contribution is 2.26. The lowest BCUT2D eigenvalue weighted by Crippen LogP contribution is -1.89. The van der Waals surface area contributed by atoms with Gasteiger partial charge in [-0.2, -0.15) is 4.63 Å². The first-order chi connectivity index (χ1) is 7.75. The topological polar surface area (TPSA) is 72.0 Å². The van der Waals surface area contributed by atoms with E-state index in [4.69, 9.17) is 5.73 Å². The van der Waals surface area contributed by atoms with Gasteiger partial charge in [-0.3, -0.25) is 5.10 Å². The Kier molecular flexibility index (Phi) is 1.73. The minimum atomic E-state index is 0.631. The molecule has 5 heteroatoms. The summed E-state index contributed by atoms with van der Waals surface area (Å²) in [6, 6.07) is 9.90. The number of hydrogen-bond acceptors (Lipinski definition) is 3. The lowest BCUT2D eigenvalue weighted by atomic mass is 10.1. The Morgan fingerprint density at radius 3 is 2.69 bits per heavy atom. The van der Waals surface area contributed by atoms with Gasteiger partial charge < -0.3 is 5.73 Å². The van der Waals surface area contributed by atoms with Crippen molar-refractivity contribution in [2.45, 2.75) is 6.92 Å². The molecule has 0 fully saturated rings. The molecule has 0 aliphatic heterocycles. The quantitative estimate of drug-likeness (QED) is 0.645. The molecule has 3 rings (SSSR count). The monoisotopic (exact) mass is 213 g/mol. The van der Waals surface area contributed by atoms with E-state index in [2.05, 4.69) is 15.2 Å². The van der Waals surface area contributed by atoms with E-state index >= 15 is 0 Å². The van der Waals surface area contributed by atoms with Gasteiger partial charge in [0.2, 0.25) is 0 Å². The summed E-state index contributed by atoms with van der Waals surface area (Å²) in [6.45, 7) is 1.84. The first kappa shape index (κ1) is 8.96. The Labute approximate surface area is 91.9 Å². The molecular formula is C11H11N5. The van der Waals surface area contributed by atoms with Crippen LogP contribution in [0.2, 0.25) is 0 Å². The van der Waals surface area contributed by atoms with Gasteiger partial charge in [0, 0.05) is 5.56 Å². The molecule has 3 N–H and O–H groups in total. The Bertz CT molecular complexity index is 635. The van der Waals surface area contributed by atoms with E-state index in [9.17, 15) is 0 Å². The summed E-state index contributed by atoms with van der Waals surface area (Å²) in [7, 11) is 0. The van der Waals surface area contributed by atoms with Gasteiger partial charge in [0.1, 0.15) is 11.5 Å². The van der Waals surface area contributed by atoms with Crippen molar-refractivity contribution < 1.29 is 0 Å². The maximum absolute atomic E-state index is 6.03. The van der Waals surface area contributed by atoms with Gasteiger partial charge in [0.15, 0.2) is 5.65 Å². The minimum absolute atomic E-state index is 0.631. The van der Waals surface area contributed by atoms with E-state index in [1.54, 1.807) is 4.63 Å². The molecule has 2 aromatic heterocycles. The van der Waals surface area contributed by atoms with Gasteiger partial charge in [-0.15, -0.1) is 5.10 Å². The Hall–Kier alpha value is -2.30. The second-order valence-electron chi connectivity index (χ2n) is 3.66. The number of nitrogens with zero attached hydrogens (tertiary/aromatic N) is 3. The molecule has 0 unspecified atom stereocenters. The van der Waals surface area contributed by atoms with Gasteiger partial charge in [-0.05, 0) is 6.92 Å². The van der Waals surface area contributed by atoms with Crippen molar-refractivity contribution in [1.82, 2.24) is 19.8 Å². The maximum atomic E-state index is 6.03. The van der Waals surface area contributed by atoms with Crippen molar-refractivity contribution in [1.29, 1.82) is 0 Å². The number of aromatic amines is 1. The average Bonchev–Trinajstić information content (AvgIpc) is 2.79. The number of anilines is 1. The van der Waals surface area contributed by atoms with Crippen LogP contribution < -0.4 is 5.73 Å². The molecule has 0 aliphatic carbocycles. The summed E-state index contributed by atoms with van der Waals surface area (Å²) in [4.78, 5) is 4.25. The number of H-pyrrole nitrogens is 1. The molecule has 2 heterocycles. The van der Waals surface area contributed by atoms with E-state index in [1.807, 2.05) is 37.3 Å². The Balaban J connectivity index is 2.25. The number of nitrogen functional groups attached to an aromatic ring is 1. The fourth-order valence-corrected chi connectivity index (χ4v) is 1.77. The predicted octanol–water partition coefficient (Wildman–Crippen LogP) is 1.62. The Morgan fingerprint density at radius 2 is 2.00 bits per heavy atom. The molecule has 0 aliphatic rings. The number of benzene rings is 1. The molecule has 80 valence electrons. The third-order valence-corrected chi connectivity index (χ3v) is 2.50. The van der Waals surface area contributed by atoms with E-state index in [0.29, 0.717) is 17.2 Å². The van der Waals surface area contributed by atoms with Crippen LogP contribution in [0, 0.1) is 6.92 Å². The summed E-state index contributed by atoms with van der Waals surface area (Å²) >= 11 is 0. The van der Waals surface area contributed by atoms with Crippen LogP contribution in [0.4, 0.5) is 5.69 Å². The number of fused-ring (bicyclic) bond motifs is 1. The van der Waals surface area contributed by atoms with Crippen molar-refractivity contribution in [3.63, 3.8) is 0 Å². The van der Waals surface area contributed by atoms with Crippen LogP contribution in [0.3, 0.4) is 0 Å². The van der Waals surface area contributed by atoms with Crippen LogP contribution in [0.15, 0.2) is 30.3 Å². The SMILES string of the molecule is Cc1nc2c(N)c(-c3ccccc3)[nH]n2n1. The first-order valence-corrected chi connectivity index (χ1v) is 5.02. The number of aryl methyl sites for hydroxylation is 1. The van der Waals surface area contributed by atoms with Crippen molar-refractivity contribution in [2.24, 2.45) is 0 Å². The molecule has 1 aromatic carbocycles. The summed E-state index contributed by atoms with van der Waals surface area (Å²) in [5, 5.41) is 7.31. The second kappa shape index (κ2) is 3.10. The molecule has 0 atom stereocenters. The second-order valence-corrected chi connectivity index (χ2v) is 3.66. The fraction of sp³-hybridized carbons (Fsp3) is 0.0909. The molecule has 3 aromatic rings. The van der Waals surface area contributed by atoms with Crippen LogP contribution >= 0.6 is 0 Å². The number of hydrogen-bond donors (Lipinski definition) is 2. The fourth-order valence-electron chi connectivity index (χ4n) is 1.77. The summed E-state index contributed by atoms with van der Waals surface area (Å²) in [5.74, 6) is 0.706. The number of nitrogens with one attached hydrogen (secondary N) is 1. The molecule has 0 radical (unpaired) electrons.